The predicted octanol–water partition coefficient (Wildman–Crippen LogP) is 2.07. The number of halogens is 3. The van der Waals surface area contributed by atoms with E-state index in [9.17, 15) is 13.6 Å². The lowest BCUT2D eigenvalue weighted by Crippen LogP contribution is -2.00. The second kappa shape index (κ2) is 3.66. The van der Waals surface area contributed by atoms with Crippen molar-refractivity contribution < 1.29 is 13.6 Å². The second-order valence-corrected chi connectivity index (χ2v) is 2.62. The minimum atomic E-state index is -2.83. The number of rotatable bonds is 2. The van der Waals surface area contributed by atoms with Gasteiger partial charge in [0.05, 0.1) is 5.56 Å². The second-order valence-electron chi connectivity index (χ2n) is 2.26. The van der Waals surface area contributed by atoms with Gasteiger partial charge in [-0.1, -0.05) is 11.6 Å². The highest BCUT2D eigenvalue weighted by molar-refractivity contribution is 6.30. The summed E-state index contributed by atoms with van der Waals surface area (Å²) in [5, 5.41) is -0.433. The van der Waals surface area contributed by atoms with Crippen LogP contribution in [0.4, 0.5) is 14.6 Å². The van der Waals surface area contributed by atoms with Crippen molar-refractivity contribution >= 4 is 23.7 Å². The Morgan fingerprint density at radius 3 is 2.69 bits per heavy atom. The molecule has 3 nitrogen and oxygen atoms in total. The number of pyridine rings is 1. The number of nitrogens with two attached hydrogens (primary N) is 1. The topological polar surface area (TPSA) is 56.0 Å². The number of nitrogen functional groups attached to an aromatic ring is 1. The Balaban J connectivity index is 3.38. The molecule has 70 valence electrons. The molecule has 2 N–H and O–H groups in total. The fourth-order valence-electron chi connectivity index (χ4n) is 0.876. The summed E-state index contributed by atoms with van der Waals surface area (Å²) in [6.07, 6.45) is -2.56. The molecule has 0 aliphatic carbocycles. The summed E-state index contributed by atoms with van der Waals surface area (Å²) in [4.78, 5) is 13.8. The quantitative estimate of drug-likeness (QED) is 0.595. The minimum absolute atomic E-state index is 0.0588. The Morgan fingerprint density at radius 1 is 1.62 bits per heavy atom. The van der Waals surface area contributed by atoms with E-state index >= 15 is 0 Å². The first-order valence-electron chi connectivity index (χ1n) is 3.25. The Labute approximate surface area is 77.5 Å². The van der Waals surface area contributed by atoms with Crippen LogP contribution in [0.15, 0.2) is 6.07 Å². The lowest BCUT2D eigenvalue weighted by molar-refractivity contribution is 0.110. The number of hydrogen-bond donors (Lipinski definition) is 1. The molecule has 1 heterocycles. The third kappa shape index (κ3) is 1.92. The molecule has 0 fully saturated rings. The zero-order valence-electron chi connectivity index (χ0n) is 6.30. The normalized spacial score (nSPS) is 10.5. The number of carbonyl (C=O) groups excluding carboxylic acids is 1. The average Bonchev–Trinajstić information content (AvgIpc) is 2.01. The van der Waals surface area contributed by atoms with Crippen LogP contribution in [0.5, 0.6) is 0 Å². The van der Waals surface area contributed by atoms with E-state index in [0.29, 0.717) is 0 Å². The van der Waals surface area contributed by atoms with Crippen LogP contribution >= 0.6 is 11.6 Å². The van der Waals surface area contributed by atoms with Crippen LogP contribution in [0.1, 0.15) is 22.3 Å². The molecule has 0 spiro atoms. The molecule has 13 heavy (non-hydrogen) atoms. The third-order valence-electron chi connectivity index (χ3n) is 1.41. The van der Waals surface area contributed by atoms with Gasteiger partial charge in [0.25, 0.3) is 6.43 Å². The lowest BCUT2D eigenvalue weighted by atomic mass is 10.1. The number of aromatic nitrogens is 1. The monoisotopic (exact) mass is 206 g/mol. The van der Waals surface area contributed by atoms with Crippen LogP contribution < -0.4 is 5.73 Å². The summed E-state index contributed by atoms with van der Waals surface area (Å²) in [7, 11) is 0. The van der Waals surface area contributed by atoms with Gasteiger partial charge in [0.1, 0.15) is 11.0 Å². The van der Waals surface area contributed by atoms with Gasteiger partial charge in [0.15, 0.2) is 6.29 Å². The molecule has 0 bridgehead atoms. The molecule has 0 radical (unpaired) electrons. The van der Waals surface area contributed by atoms with Crippen molar-refractivity contribution in [2.75, 3.05) is 5.73 Å². The molecular weight excluding hydrogens is 202 g/mol. The smallest absolute Gasteiger partial charge is 0.267 e. The van der Waals surface area contributed by atoms with Crippen molar-refractivity contribution in [1.82, 2.24) is 4.98 Å². The Morgan fingerprint density at radius 2 is 2.23 bits per heavy atom. The van der Waals surface area contributed by atoms with E-state index in [-0.39, 0.29) is 17.7 Å². The van der Waals surface area contributed by atoms with Crippen molar-refractivity contribution in [2.24, 2.45) is 0 Å². The molecule has 0 atom stereocenters. The Bertz CT molecular complexity index is 344. The molecule has 6 heteroatoms. The van der Waals surface area contributed by atoms with Crippen molar-refractivity contribution in [2.45, 2.75) is 6.43 Å². The van der Waals surface area contributed by atoms with Gasteiger partial charge in [-0.05, 0) is 6.07 Å². The van der Waals surface area contributed by atoms with Gasteiger partial charge in [-0.25, -0.2) is 13.8 Å². The molecule has 1 rings (SSSR count). The maximum absolute atomic E-state index is 12.3. The van der Waals surface area contributed by atoms with Crippen LogP contribution in [0, 0.1) is 0 Å². The highest BCUT2D eigenvalue weighted by Crippen LogP contribution is 2.29. The van der Waals surface area contributed by atoms with Crippen LogP contribution in [-0.2, 0) is 0 Å². The Hall–Kier alpha value is -1.23. The molecule has 0 saturated carbocycles. The number of hydrogen-bond acceptors (Lipinski definition) is 3. The maximum Gasteiger partial charge on any atom is 0.267 e. The van der Waals surface area contributed by atoms with E-state index in [2.05, 4.69) is 4.98 Å². The van der Waals surface area contributed by atoms with E-state index in [1.54, 1.807) is 0 Å². The van der Waals surface area contributed by atoms with E-state index in [1.807, 2.05) is 0 Å². The van der Waals surface area contributed by atoms with Crippen molar-refractivity contribution in [1.29, 1.82) is 0 Å². The minimum Gasteiger partial charge on any atom is -0.384 e. The van der Waals surface area contributed by atoms with Gasteiger partial charge in [0, 0.05) is 5.56 Å². The molecular formula is C7H5ClF2N2O. The van der Waals surface area contributed by atoms with Gasteiger partial charge in [-0.3, -0.25) is 4.79 Å². The number of aldehydes is 1. The highest BCUT2D eigenvalue weighted by atomic mass is 35.5. The Kier molecular flexibility index (Phi) is 2.77. The number of alkyl halides is 2. The van der Waals surface area contributed by atoms with Crippen molar-refractivity contribution in [3.05, 3.63) is 22.3 Å². The zero-order chi connectivity index (χ0) is 10.0. The van der Waals surface area contributed by atoms with Gasteiger partial charge in [-0.2, -0.15) is 0 Å². The summed E-state index contributed by atoms with van der Waals surface area (Å²) < 4.78 is 24.6. The van der Waals surface area contributed by atoms with Crippen LogP contribution in [-0.4, -0.2) is 11.3 Å². The third-order valence-corrected chi connectivity index (χ3v) is 1.70. The fraction of sp³-hybridized carbons (Fsp3) is 0.143. The van der Waals surface area contributed by atoms with Gasteiger partial charge >= 0.3 is 0 Å². The van der Waals surface area contributed by atoms with E-state index in [0.717, 1.165) is 6.07 Å². The molecule has 0 aliphatic rings. The zero-order valence-corrected chi connectivity index (χ0v) is 7.05. The first-order valence-corrected chi connectivity index (χ1v) is 3.63. The van der Waals surface area contributed by atoms with Crippen molar-refractivity contribution in [3.63, 3.8) is 0 Å². The first-order chi connectivity index (χ1) is 6.06. The molecule has 0 saturated heterocycles. The van der Waals surface area contributed by atoms with Crippen LogP contribution in [0.25, 0.3) is 0 Å². The van der Waals surface area contributed by atoms with Gasteiger partial charge < -0.3 is 5.73 Å². The summed E-state index contributed by atoms with van der Waals surface area (Å²) in [5.74, 6) is -0.0588. The molecule has 1 aromatic rings. The number of nitrogens with zero attached hydrogens (tertiary/aromatic N) is 1. The molecule has 0 amide bonds. The fourth-order valence-corrected chi connectivity index (χ4v) is 1.16. The standard InChI is InChI=1S/C7H5ClF2N2O/c8-6-5(7(9)10)3(2-13)1-4(11)12-6/h1-2,7H,(H2,11,12). The summed E-state index contributed by atoms with van der Waals surface area (Å²) in [6, 6.07) is 1.06. The van der Waals surface area contributed by atoms with E-state index < -0.39 is 17.1 Å². The van der Waals surface area contributed by atoms with E-state index in [1.165, 1.54) is 0 Å². The highest BCUT2D eigenvalue weighted by Gasteiger charge is 2.18. The molecule has 0 unspecified atom stereocenters. The van der Waals surface area contributed by atoms with Gasteiger partial charge in [0.2, 0.25) is 0 Å². The van der Waals surface area contributed by atoms with Crippen LogP contribution in [0.2, 0.25) is 5.15 Å². The maximum atomic E-state index is 12.3. The SMILES string of the molecule is Nc1cc(C=O)c(C(F)F)c(Cl)n1. The average molecular weight is 207 g/mol. The lowest BCUT2D eigenvalue weighted by Gasteiger charge is -2.05. The van der Waals surface area contributed by atoms with Crippen molar-refractivity contribution in [3.8, 4) is 0 Å². The summed E-state index contributed by atoms with van der Waals surface area (Å²) >= 11 is 5.38. The predicted molar refractivity (Wildman–Crippen MR) is 44.0 cm³/mol. The summed E-state index contributed by atoms with van der Waals surface area (Å²) in [5.41, 5.74) is 4.40. The molecule has 0 aromatic carbocycles. The molecule has 1 aromatic heterocycles. The number of anilines is 1. The number of carbonyl (C=O) groups is 1. The largest absolute Gasteiger partial charge is 0.384 e. The molecule has 0 aliphatic heterocycles. The first kappa shape index (κ1) is 9.85. The van der Waals surface area contributed by atoms with Crippen LogP contribution in [0.3, 0.4) is 0 Å². The summed E-state index contributed by atoms with van der Waals surface area (Å²) in [6.45, 7) is 0. The van der Waals surface area contributed by atoms with E-state index in [4.69, 9.17) is 17.3 Å². The van der Waals surface area contributed by atoms with Gasteiger partial charge in [-0.15, -0.1) is 0 Å².